The smallest absolute Gasteiger partial charge is 0.00349 e. The van der Waals surface area contributed by atoms with Gasteiger partial charge in [0.1, 0.15) is 0 Å². The zero-order valence-electron chi connectivity index (χ0n) is 8.90. The van der Waals surface area contributed by atoms with Crippen LogP contribution in [0.25, 0.3) is 0 Å². The van der Waals surface area contributed by atoms with E-state index in [1.165, 1.54) is 45.2 Å². The minimum Gasteiger partial charge on any atom is -0.306 e. The highest BCUT2D eigenvalue weighted by molar-refractivity contribution is 4.92. The Morgan fingerprint density at radius 3 is 1.92 bits per heavy atom. The van der Waals surface area contributed by atoms with Crippen LogP contribution in [0.15, 0.2) is 0 Å². The summed E-state index contributed by atoms with van der Waals surface area (Å²) in [6.07, 6.45) is 7.47. The van der Waals surface area contributed by atoms with E-state index in [0.29, 0.717) is 0 Å². The first-order valence-corrected chi connectivity index (χ1v) is 5.49. The summed E-state index contributed by atoms with van der Waals surface area (Å²) in [5.74, 6) is 0. The number of rotatable bonds is 0. The summed E-state index contributed by atoms with van der Waals surface area (Å²) in [6.45, 7) is 6.72. The zero-order chi connectivity index (χ0) is 9.03. The number of hydrogen-bond acceptors (Lipinski definition) is 1. The van der Waals surface area contributed by atoms with Crippen LogP contribution in [0.5, 0.6) is 0 Å². The lowest BCUT2D eigenvalue weighted by Crippen LogP contribution is -2.45. The molecule has 0 aromatic carbocycles. The maximum absolute atomic E-state index is 2.50. The Labute approximate surface area is 77.1 Å². The molecule has 0 amide bonds. The summed E-state index contributed by atoms with van der Waals surface area (Å²) >= 11 is 0. The molecule has 0 unspecified atom stereocenters. The molecule has 1 saturated carbocycles. The van der Waals surface area contributed by atoms with Gasteiger partial charge in [-0.25, -0.2) is 0 Å². The average molecular weight is 169 g/mol. The van der Waals surface area contributed by atoms with Gasteiger partial charge in [0.2, 0.25) is 0 Å². The number of hydrogen-bond donors (Lipinski definition) is 0. The van der Waals surface area contributed by atoms with Crippen molar-refractivity contribution in [3.63, 3.8) is 0 Å². The van der Waals surface area contributed by atoms with Gasteiger partial charge >= 0.3 is 0 Å². The van der Waals surface area contributed by atoms with E-state index in [4.69, 9.17) is 0 Å². The van der Waals surface area contributed by atoms with Crippen LogP contribution in [0, 0.1) is 5.41 Å². The van der Waals surface area contributed by atoms with E-state index in [1.807, 2.05) is 13.8 Å². The van der Waals surface area contributed by atoms with Crippen LogP contribution in [-0.4, -0.2) is 25.0 Å². The minimum atomic E-state index is 0.799. The largest absolute Gasteiger partial charge is 0.306 e. The van der Waals surface area contributed by atoms with Crippen molar-refractivity contribution in [1.82, 2.24) is 4.90 Å². The minimum absolute atomic E-state index is 0.799. The molecule has 2 rings (SSSR count). The predicted octanol–water partition coefficient (Wildman–Crippen LogP) is 2.91. The standard InChI is InChI=1S/C9H17N.C2H6/c1-10-7-3-6-9(8-10)4-2-5-9;1-2/h2-8H2,1H3;1-2H3. The molecule has 2 fully saturated rings. The van der Waals surface area contributed by atoms with E-state index < -0.39 is 0 Å². The first-order chi connectivity index (χ1) is 5.81. The molecular weight excluding hydrogens is 146 g/mol. The number of nitrogens with zero attached hydrogens (tertiary/aromatic N) is 1. The molecule has 0 bridgehead atoms. The maximum atomic E-state index is 2.50. The second kappa shape index (κ2) is 4.27. The van der Waals surface area contributed by atoms with Crippen molar-refractivity contribution < 1.29 is 0 Å². The van der Waals surface area contributed by atoms with Crippen LogP contribution in [0.3, 0.4) is 0 Å². The molecule has 0 atom stereocenters. The molecule has 72 valence electrons. The van der Waals surface area contributed by atoms with Crippen LogP contribution in [0.1, 0.15) is 46.0 Å². The van der Waals surface area contributed by atoms with Gasteiger partial charge in [0.05, 0.1) is 0 Å². The molecule has 2 aliphatic rings. The quantitative estimate of drug-likeness (QED) is 0.539. The van der Waals surface area contributed by atoms with Gasteiger partial charge in [-0.15, -0.1) is 0 Å². The van der Waals surface area contributed by atoms with Gasteiger partial charge in [-0.1, -0.05) is 20.3 Å². The third kappa shape index (κ3) is 2.01. The Hall–Kier alpha value is -0.0400. The van der Waals surface area contributed by atoms with Gasteiger partial charge in [-0.3, -0.25) is 0 Å². The Bertz CT molecular complexity index is 127. The summed E-state index contributed by atoms with van der Waals surface area (Å²) in [6, 6.07) is 0. The lowest BCUT2D eigenvalue weighted by atomic mass is 9.64. The molecule has 0 radical (unpaired) electrons. The van der Waals surface area contributed by atoms with E-state index >= 15 is 0 Å². The van der Waals surface area contributed by atoms with Crippen LogP contribution < -0.4 is 0 Å². The molecule has 0 N–H and O–H groups in total. The van der Waals surface area contributed by atoms with Crippen molar-refractivity contribution in [3.8, 4) is 0 Å². The second-order valence-electron chi connectivity index (χ2n) is 4.19. The van der Waals surface area contributed by atoms with Crippen molar-refractivity contribution in [3.05, 3.63) is 0 Å². The molecule has 1 spiro atoms. The molecule has 12 heavy (non-hydrogen) atoms. The topological polar surface area (TPSA) is 3.24 Å². The van der Waals surface area contributed by atoms with Crippen molar-refractivity contribution in [2.45, 2.75) is 46.0 Å². The molecule has 0 aromatic rings. The summed E-state index contributed by atoms with van der Waals surface area (Å²) in [7, 11) is 2.26. The van der Waals surface area contributed by atoms with Crippen LogP contribution >= 0.6 is 0 Å². The number of likely N-dealkylation sites (tertiary alicyclic amines) is 1. The Morgan fingerprint density at radius 2 is 1.58 bits per heavy atom. The summed E-state index contributed by atoms with van der Waals surface area (Å²) in [5.41, 5.74) is 0.799. The van der Waals surface area contributed by atoms with E-state index in [-0.39, 0.29) is 0 Å². The van der Waals surface area contributed by atoms with Crippen LogP contribution in [0.2, 0.25) is 0 Å². The van der Waals surface area contributed by atoms with Crippen molar-refractivity contribution in [1.29, 1.82) is 0 Å². The van der Waals surface area contributed by atoms with E-state index in [2.05, 4.69) is 11.9 Å². The zero-order valence-corrected chi connectivity index (χ0v) is 8.90. The second-order valence-corrected chi connectivity index (χ2v) is 4.19. The molecule has 1 nitrogen and oxygen atoms in total. The molecule has 1 saturated heterocycles. The lowest BCUT2D eigenvalue weighted by Gasteiger charge is -2.48. The predicted molar refractivity (Wildman–Crippen MR) is 54.4 cm³/mol. The fraction of sp³-hybridized carbons (Fsp3) is 1.00. The van der Waals surface area contributed by atoms with Gasteiger partial charge in [0.15, 0.2) is 0 Å². The third-order valence-electron chi connectivity index (χ3n) is 3.27. The third-order valence-corrected chi connectivity index (χ3v) is 3.27. The van der Waals surface area contributed by atoms with Gasteiger partial charge in [0.25, 0.3) is 0 Å². The van der Waals surface area contributed by atoms with Crippen molar-refractivity contribution in [2.75, 3.05) is 20.1 Å². The van der Waals surface area contributed by atoms with Crippen molar-refractivity contribution >= 4 is 0 Å². The normalized spacial score (nSPS) is 27.2. The molecule has 0 aromatic heterocycles. The van der Waals surface area contributed by atoms with Gasteiger partial charge in [0, 0.05) is 6.54 Å². The first-order valence-electron chi connectivity index (χ1n) is 5.49. The van der Waals surface area contributed by atoms with Crippen LogP contribution in [-0.2, 0) is 0 Å². The highest BCUT2D eigenvalue weighted by Gasteiger charge is 2.39. The maximum Gasteiger partial charge on any atom is 0.00349 e. The van der Waals surface area contributed by atoms with Gasteiger partial charge in [-0.2, -0.15) is 0 Å². The Balaban J connectivity index is 0.000000336. The molecule has 1 heteroatoms. The monoisotopic (exact) mass is 169 g/mol. The Kier molecular flexibility index (Phi) is 3.57. The van der Waals surface area contributed by atoms with Crippen LogP contribution in [0.4, 0.5) is 0 Å². The molecule has 1 heterocycles. The number of piperidine rings is 1. The van der Waals surface area contributed by atoms with Gasteiger partial charge in [-0.05, 0) is 44.7 Å². The van der Waals surface area contributed by atoms with Gasteiger partial charge < -0.3 is 4.90 Å². The molecular formula is C11H23N. The molecule has 1 aliphatic heterocycles. The fourth-order valence-corrected chi connectivity index (χ4v) is 2.54. The lowest BCUT2D eigenvalue weighted by molar-refractivity contribution is 0.0327. The van der Waals surface area contributed by atoms with Crippen molar-refractivity contribution in [2.24, 2.45) is 5.41 Å². The molecule has 1 aliphatic carbocycles. The Morgan fingerprint density at radius 1 is 1.00 bits per heavy atom. The first kappa shape index (κ1) is 10.0. The van der Waals surface area contributed by atoms with E-state index in [9.17, 15) is 0 Å². The summed E-state index contributed by atoms with van der Waals surface area (Å²) in [4.78, 5) is 2.50. The SMILES string of the molecule is CC.CN1CCCC2(CCC2)C1. The average Bonchev–Trinajstić information content (AvgIpc) is 2.06. The highest BCUT2D eigenvalue weighted by atomic mass is 15.1. The summed E-state index contributed by atoms with van der Waals surface area (Å²) < 4.78 is 0. The fourth-order valence-electron chi connectivity index (χ4n) is 2.54. The summed E-state index contributed by atoms with van der Waals surface area (Å²) in [5, 5.41) is 0. The van der Waals surface area contributed by atoms with E-state index in [0.717, 1.165) is 5.41 Å². The highest BCUT2D eigenvalue weighted by Crippen LogP contribution is 2.46. The van der Waals surface area contributed by atoms with E-state index in [1.54, 1.807) is 0 Å².